The van der Waals surface area contributed by atoms with E-state index in [4.69, 9.17) is 17.0 Å². The van der Waals surface area contributed by atoms with Crippen LogP contribution < -0.4 is 0 Å². The minimum atomic E-state index is 0.419. The van der Waals surface area contributed by atoms with Crippen molar-refractivity contribution in [3.63, 3.8) is 0 Å². The number of H-pyrrole nitrogens is 1. The Hall–Kier alpha value is -0.680. The van der Waals surface area contributed by atoms with Crippen molar-refractivity contribution < 1.29 is 4.74 Å². The number of aromatic amines is 1. The van der Waals surface area contributed by atoms with Crippen LogP contribution in [0.15, 0.2) is 0 Å². The molecule has 0 bridgehead atoms. The van der Waals surface area contributed by atoms with E-state index in [9.17, 15) is 0 Å². The maximum atomic E-state index is 5.66. The molecule has 0 radical (unpaired) electrons. The number of aryl methyl sites for hydroxylation is 2. The van der Waals surface area contributed by atoms with E-state index in [1.165, 1.54) is 19.3 Å². The Balaban J connectivity index is 1.84. The first-order valence-electron chi connectivity index (χ1n) is 5.49. The van der Waals surface area contributed by atoms with Crippen LogP contribution in [0, 0.1) is 4.77 Å². The zero-order chi connectivity index (χ0) is 10.7. The van der Waals surface area contributed by atoms with Crippen LogP contribution in [0.5, 0.6) is 0 Å². The molecule has 0 aromatic carbocycles. The summed E-state index contributed by atoms with van der Waals surface area (Å²) in [5, 5.41) is 3.13. The molecule has 0 spiro atoms. The molecule has 1 fully saturated rings. The fourth-order valence-electron chi connectivity index (χ4n) is 1.90. The van der Waals surface area contributed by atoms with Gasteiger partial charge in [-0.15, -0.1) is 0 Å². The van der Waals surface area contributed by atoms with Gasteiger partial charge in [0.15, 0.2) is 0 Å². The van der Waals surface area contributed by atoms with Crippen molar-refractivity contribution >= 4 is 12.2 Å². The number of nitrogens with zero attached hydrogens (tertiary/aromatic N) is 2. The van der Waals surface area contributed by atoms with Crippen LogP contribution in [-0.4, -0.2) is 27.5 Å². The van der Waals surface area contributed by atoms with Crippen molar-refractivity contribution in [2.45, 2.75) is 38.2 Å². The van der Waals surface area contributed by atoms with Gasteiger partial charge >= 0.3 is 0 Å². The lowest BCUT2D eigenvalue weighted by atomic mass is 10.0. The molecule has 1 aliphatic rings. The summed E-state index contributed by atoms with van der Waals surface area (Å²) in [7, 11) is 1.88. The summed E-state index contributed by atoms with van der Waals surface area (Å²) in [6.07, 6.45) is 6.08. The second-order valence-corrected chi connectivity index (χ2v) is 4.40. The monoisotopic (exact) mass is 227 g/mol. The van der Waals surface area contributed by atoms with Gasteiger partial charge in [-0.25, -0.2) is 4.98 Å². The molecule has 2 heterocycles. The summed E-state index contributed by atoms with van der Waals surface area (Å²) in [6, 6.07) is 0. The standard InChI is InChI=1S/C10H17N3OS/c1-13-10(15)11-9(12-13)6-5-8-4-2-3-7-14-8/h8H,2-7H2,1H3,(H,11,12,15). The Kier molecular flexibility index (Phi) is 3.53. The summed E-state index contributed by atoms with van der Waals surface area (Å²) in [6.45, 7) is 0.920. The molecule has 2 rings (SSSR count). The lowest BCUT2D eigenvalue weighted by molar-refractivity contribution is 0.0112. The molecule has 1 saturated heterocycles. The molecule has 0 saturated carbocycles. The average molecular weight is 227 g/mol. The van der Waals surface area contributed by atoms with Crippen LogP contribution in [-0.2, 0) is 18.2 Å². The highest BCUT2D eigenvalue weighted by molar-refractivity contribution is 7.71. The molecule has 1 aromatic heterocycles. The third-order valence-corrected chi connectivity index (χ3v) is 3.16. The SMILES string of the molecule is Cn1[nH]c(CCC2CCCCO2)nc1=S. The molecule has 84 valence electrons. The Labute approximate surface area is 94.6 Å². The molecule has 1 unspecified atom stereocenters. The molecule has 1 atom stereocenters. The lowest BCUT2D eigenvalue weighted by Gasteiger charge is -2.21. The number of nitrogens with one attached hydrogen (secondary N) is 1. The third kappa shape index (κ3) is 2.89. The Morgan fingerprint density at radius 1 is 1.60 bits per heavy atom. The maximum Gasteiger partial charge on any atom is 0.215 e. The smallest absolute Gasteiger partial charge is 0.215 e. The first-order chi connectivity index (χ1) is 7.25. The third-order valence-electron chi connectivity index (χ3n) is 2.79. The molecule has 15 heavy (non-hydrogen) atoms. The van der Waals surface area contributed by atoms with Gasteiger partial charge in [-0.05, 0) is 37.9 Å². The van der Waals surface area contributed by atoms with Crippen LogP contribution in [0.2, 0.25) is 0 Å². The van der Waals surface area contributed by atoms with Crippen LogP contribution in [0.3, 0.4) is 0 Å². The number of ether oxygens (including phenoxy) is 1. The predicted molar refractivity (Wildman–Crippen MR) is 60.3 cm³/mol. The zero-order valence-electron chi connectivity index (χ0n) is 9.03. The molecule has 0 aliphatic carbocycles. The predicted octanol–water partition coefficient (Wildman–Crippen LogP) is 1.98. The Bertz CT molecular complexity index is 365. The zero-order valence-corrected chi connectivity index (χ0v) is 9.85. The Morgan fingerprint density at radius 3 is 3.07 bits per heavy atom. The minimum absolute atomic E-state index is 0.419. The van der Waals surface area contributed by atoms with Crippen LogP contribution >= 0.6 is 12.2 Å². The van der Waals surface area contributed by atoms with Crippen molar-refractivity contribution in [2.75, 3.05) is 6.61 Å². The van der Waals surface area contributed by atoms with E-state index in [-0.39, 0.29) is 0 Å². The molecule has 4 nitrogen and oxygen atoms in total. The van der Waals surface area contributed by atoms with Crippen molar-refractivity contribution in [1.29, 1.82) is 0 Å². The van der Waals surface area contributed by atoms with Crippen LogP contribution in [0.1, 0.15) is 31.5 Å². The van der Waals surface area contributed by atoms with Gasteiger partial charge in [0, 0.05) is 20.1 Å². The van der Waals surface area contributed by atoms with Gasteiger partial charge < -0.3 is 4.74 Å². The summed E-state index contributed by atoms with van der Waals surface area (Å²) >= 11 is 5.03. The van der Waals surface area contributed by atoms with Gasteiger partial charge in [-0.3, -0.25) is 9.78 Å². The molecule has 0 amide bonds. The van der Waals surface area contributed by atoms with Crippen molar-refractivity contribution in [3.8, 4) is 0 Å². The van der Waals surface area contributed by atoms with Crippen LogP contribution in [0.25, 0.3) is 0 Å². The summed E-state index contributed by atoms with van der Waals surface area (Å²) in [4.78, 5) is 4.26. The second kappa shape index (κ2) is 4.90. The topological polar surface area (TPSA) is 42.8 Å². The van der Waals surface area contributed by atoms with E-state index >= 15 is 0 Å². The summed E-state index contributed by atoms with van der Waals surface area (Å²) in [5.41, 5.74) is 0. The van der Waals surface area contributed by atoms with Gasteiger partial charge in [0.1, 0.15) is 5.82 Å². The molecule has 1 N–H and O–H groups in total. The fraction of sp³-hybridized carbons (Fsp3) is 0.800. The maximum absolute atomic E-state index is 5.66. The molecule has 1 aromatic rings. The van der Waals surface area contributed by atoms with Gasteiger partial charge in [-0.1, -0.05) is 0 Å². The van der Waals surface area contributed by atoms with E-state index in [0.29, 0.717) is 10.9 Å². The fourth-order valence-corrected chi connectivity index (χ4v) is 2.06. The number of hydrogen-bond donors (Lipinski definition) is 1. The molecule has 1 aliphatic heterocycles. The highest BCUT2D eigenvalue weighted by atomic mass is 32.1. The molecular weight excluding hydrogens is 210 g/mol. The van der Waals surface area contributed by atoms with E-state index in [1.54, 1.807) is 4.68 Å². The highest BCUT2D eigenvalue weighted by Crippen LogP contribution is 2.16. The van der Waals surface area contributed by atoms with Crippen molar-refractivity contribution in [2.24, 2.45) is 7.05 Å². The Morgan fingerprint density at radius 2 is 2.47 bits per heavy atom. The summed E-state index contributed by atoms with van der Waals surface area (Å²) < 4.78 is 8.05. The minimum Gasteiger partial charge on any atom is -0.378 e. The van der Waals surface area contributed by atoms with Gasteiger partial charge in [-0.2, -0.15) is 0 Å². The van der Waals surface area contributed by atoms with Crippen molar-refractivity contribution in [3.05, 3.63) is 10.6 Å². The number of rotatable bonds is 3. The molecule has 5 heteroatoms. The van der Waals surface area contributed by atoms with Crippen LogP contribution in [0.4, 0.5) is 0 Å². The lowest BCUT2D eigenvalue weighted by Crippen LogP contribution is -2.19. The van der Waals surface area contributed by atoms with E-state index < -0.39 is 0 Å². The van der Waals surface area contributed by atoms with E-state index in [2.05, 4.69) is 10.1 Å². The molecular formula is C10H17N3OS. The second-order valence-electron chi connectivity index (χ2n) is 4.04. The first-order valence-corrected chi connectivity index (χ1v) is 5.90. The average Bonchev–Trinajstić information content (AvgIpc) is 2.57. The quantitative estimate of drug-likeness (QED) is 0.803. The van der Waals surface area contributed by atoms with Gasteiger partial charge in [0.2, 0.25) is 4.77 Å². The first kappa shape index (κ1) is 10.8. The van der Waals surface area contributed by atoms with Gasteiger partial charge in [0.25, 0.3) is 0 Å². The van der Waals surface area contributed by atoms with Crippen molar-refractivity contribution in [1.82, 2.24) is 14.8 Å². The van der Waals surface area contributed by atoms with E-state index in [1.807, 2.05) is 7.05 Å². The highest BCUT2D eigenvalue weighted by Gasteiger charge is 2.14. The summed E-state index contributed by atoms with van der Waals surface area (Å²) in [5.74, 6) is 0.969. The number of aromatic nitrogens is 3. The number of hydrogen-bond acceptors (Lipinski definition) is 3. The van der Waals surface area contributed by atoms with E-state index in [0.717, 1.165) is 25.3 Å². The largest absolute Gasteiger partial charge is 0.378 e. The normalized spacial score (nSPS) is 21.8. The van der Waals surface area contributed by atoms with Gasteiger partial charge in [0.05, 0.1) is 6.10 Å².